The molecule has 0 unspecified atom stereocenters. The Hall–Kier alpha value is -2.93. The number of hydrogen-bond donors (Lipinski definition) is 0. The van der Waals surface area contributed by atoms with Crippen LogP contribution in [-0.4, -0.2) is 31.9 Å². The lowest BCUT2D eigenvalue weighted by atomic mass is 10.1. The van der Waals surface area contributed by atoms with Gasteiger partial charge in [0.15, 0.2) is 0 Å². The lowest BCUT2D eigenvalue weighted by Gasteiger charge is -2.16. The number of aromatic nitrogens is 3. The van der Waals surface area contributed by atoms with Crippen LogP contribution in [0.15, 0.2) is 36.4 Å². The standard InChI is InChI=1S/C21H18ClFN4O2/c1-12-19(27-11-26(10-13-5-6-13)21(28)20(27)24-12)15-8-7-14(9-16(15)23)29-18-4-2-3-17(22)25-18/h2-4,7-9,13H,5-6,10-11H2,1H3. The molecular formula is C21H18ClFN4O2. The second-order valence-electron chi connectivity index (χ2n) is 7.45. The third-order valence-electron chi connectivity index (χ3n) is 5.22. The zero-order valence-corrected chi connectivity index (χ0v) is 16.5. The average molecular weight is 413 g/mol. The molecule has 2 aromatic heterocycles. The zero-order chi connectivity index (χ0) is 20.1. The third kappa shape index (κ3) is 3.35. The van der Waals surface area contributed by atoms with Crippen LogP contribution >= 0.6 is 11.6 Å². The van der Waals surface area contributed by atoms with Crippen molar-refractivity contribution < 1.29 is 13.9 Å². The van der Waals surface area contributed by atoms with Gasteiger partial charge < -0.3 is 14.2 Å². The SMILES string of the molecule is Cc1nc2n(c1-c1ccc(Oc3cccc(Cl)n3)cc1F)CN(CC1CC1)C2=O. The molecule has 1 aliphatic carbocycles. The number of aryl methyl sites for hydroxylation is 1. The highest BCUT2D eigenvalue weighted by molar-refractivity contribution is 6.29. The topological polar surface area (TPSA) is 60.2 Å². The second-order valence-corrected chi connectivity index (χ2v) is 7.84. The van der Waals surface area contributed by atoms with Crippen LogP contribution in [0.25, 0.3) is 11.3 Å². The van der Waals surface area contributed by atoms with Gasteiger partial charge in [0.1, 0.15) is 16.7 Å². The van der Waals surface area contributed by atoms with Gasteiger partial charge in [0.2, 0.25) is 11.7 Å². The molecule has 3 heterocycles. The smallest absolute Gasteiger partial charge is 0.291 e. The molecule has 3 aromatic rings. The van der Waals surface area contributed by atoms with Gasteiger partial charge in [-0.3, -0.25) is 4.79 Å². The van der Waals surface area contributed by atoms with E-state index in [1.165, 1.54) is 6.07 Å². The van der Waals surface area contributed by atoms with Crippen molar-refractivity contribution in [2.24, 2.45) is 5.92 Å². The van der Waals surface area contributed by atoms with E-state index in [-0.39, 0.29) is 11.8 Å². The molecule has 2 aliphatic rings. The van der Waals surface area contributed by atoms with E-state index in [0.717, 1.165) is 19.4 Å². The number of fused-ring (bicyclic) bond motifs is 1. The van der Waals surface area contributed by atoms with Crippen LogP contribution in [0.5, 0.6) is 11.6 Å². The summed E-state index contributed by atoms with van der Waals surface area (Å²) in [7, 11) is 0. The largest absolute Gasteiger partial charge is 0.439 e. The summed E-state index contributed by atoms with van der Waals surface area (Å²) in [4.78, 5) is 22.9. The van der Waals surface area contributed by atoms with E-state index in [1.807, 2.05) is 0 Å². The first-order valence-electron chi connectivity index (χ1n) is 9.46. The summed E-state index contributed by atoms with van der Waals surface area (Å²) >= 11 is 5.86. The van der Waals surface area contributed by atoms with Crippen LogP contribution < -0.4 is 4.74 Å². The van der Waals surface area contributed by atoms with Crippen molar-refractivity contribution in [3.63, 3.8) is 0 Å². The highest BCUT2D eigenvalue weighted by Gasteiger charge is 2.36. The van der Waals surface area contributed by atoms with E-state index in [1.54, 1.807) is 46.7 Å². The normalized spacial score (nSPS) is 15.7. The van der Waals surface area contributed by atoms with Gasteiger partial charge in [-0.25, -0.2) is 14.4 Å². The predicted octanol–water partition coefficient (Wildman–Crippen LogP) is 4.66. The Morgan fingerprint density at radius 2 is 2.07 bits per heavy atom. The first-order chi connectivity index (χ1) is 14.0. The fourth-order valence-electron chi connectivity index (χ4n) is 3.66. The van der Waals surface area contributed by atoms with Gasteiger partial charge in [-0.15, -0.1) is 0 Å². The number of pyridine rings is 1. The summed E-state index contributed by atoms with van der Waals surface area (Å²) in [6.45, 7) is 2.94. The molecule has 0 atom stereocenters. The number of carbonyl (C=O) groups excluding carboxylic acids is 1. The Morgan fingerprint density at radius 1 is 1.24 bits per heavy atom. The molecule has 0 saturated heterocycles. The number of carbonyl (C=O) groups is 1. The summed E-state index contributed by atoms with van der Waals surface area (Å²) in [5, 5.41) is 0.297. The molecule has 1 aliphatic heterocycles. The summed E-state index contributed by atoms with van der Waals surface area (Å²) in [6, 6.07) is 9.59. The second kappa shape index (κ2) is 6.84. The lowest BCUT2D eigenvalue weighted by Crippen LogP contribution is -2.27. The van der Waals surface area contributed by atoms with Crippen molar-refractivity contribution in [3.8, 4) is 22.9 Å². The Kier molecular flexibility index (Phi) is 4.28. The van der Waals surface area contributed by atoms with Crippen molar-refractivity contribution in [2.75, 3.05) is 6.54 Å². The predicted molar refractivity (Wildman–Crippen MR) is 105 cm³/mol. The Bertz CT molecular complexity index is 1130. The molecule has 1 amide bonds. The number of benzene rings is 1. The summed E-state index contributed by atoms with van der Waals surface area (Å²) in [6.07, 6.45) is 2.32. The molecule has 0 radical (unpaired) electrons. The van der Waals surface area contributed by atoms with Gasteiger partial charge in [-0.2, -0.15) is 0 Å². The van der Waals surface area contributed by atoms with Gasteiger partial charge in [0, 0.05) is 24.2 Å². The van der Waals surface area contributed by atoms with Crippen molar-refractivity contribution in [2.45, 2.75) is 26.4 Å². The highest BCUT2D eigenvalue weighted by Crippen LogP contribution is 2.36. The zero-order valence-electron chi connectivity index (χ0n) is 15.7. The Balaban J connectivity index is 1.45. The summed E-state index contributed by atoms with van der Waals surface area (Å²) in [5.41, 5.74) is 1.63. The van der Waals surface area contributed by atoms with Crippen LogP contribution in [-0.2, 0) is 6.67 Å². The molecule has 0 bridgehead atoms. The van der Waals surface area contributed by atoms with E-state index in [9.17, 15) is 9.18 Å². The van der Waals surface area contributed by atoms with Gasteiger partial charge in [-0.1, -0.05) is 17.7 Å². The van der Waals surface area contributed by atoms with E-state index in [0.29, 0.717) is 46.3 Å². The van der Waals surface area contributed by atoms with Crippen LogP contribution in [0.4, 0.5) is 4.39 Å². The Morgan fingerprint density at radius 3 is 2.79 bits per heavy atom. The van der Waals surface area contributed by atoms with Crippen molar-refractivity contribution >= 4 is 17.5 Å². The third-order valence-corrected chi connectivity index (χ3v) is 5.43. The first-order valence-corrected chi connectivity index (χ1v) is 9.84. The van der Waals surface area contributed by atoms with Crippen molar-refractivity contribution in [1.82, 2.24) is 19.4 Å². The highest BCUT2D eigenvalue weighted by atomic mass is 35.5. The first kappa shape index (κ1) is 18.1. The van der Waals surface area contributed by atoms with Crippen LogP contribution in [0.2, 0.25) is 5.15 Å². The molecule has 1 fully saturated rings. The summed E-state index contributed by atoms with van der Waals surface area (Å²) < 4.78 is 22.4. The number of ether oxygens (including phenoxy) is 1. The fourth-order valence-corrected chi connectivity index (χ4v) is 3.82. The Labute approximate surface area is 171 Å². The minimum atomic E-state index is -0.455. The number of imidazole rings is 1. The minimum absolute atomic E-state index is 0.0846. The fraction of sp³-hybridized carbons (Fsp3) is 0.286. The van der Waals surface area contributed by atoms with Crippen molar-refractivity contribution in [3.05, 3.63) is 58.9 Å². The van der Waals surface area contributed by atoms with Gasteiger partial charge in [0.05, 0.1) is 18.1 Å². The molecule has 8 heteroatoms. The number of rotatable bonds is 5. The maximum absolute atomic E-state index is 15.0. The maximum atomic E-state index is 15.0. The van der Waals surface area contributed by atoms with Crippen molar-refractivity contribution in [1.29, 1.82) is 0 Å². The number of hydrogen-bond acceptors (Lipinski definition) is 4. The van der Waals surface area contributed by atoms with Gasteiger partial charge in [-0.05, 0) is 43.9 Å². The lowest BCUT2D eigenvalue weighted by molar-refractivity contribution is 0.0758. The number of nitrogens with zero attached hydrogens (tertiary/aromatic N) is 4. The van der Waals surface area contributed by atoms with Crippen LogP contribution in [0.1, 0.15) is 29.2 Å². The van der Waals surface area contributed by atoms with Gasteiger partial charge >= 0.3 is 0 Å². The van der Waals surface area contributed by atoms with E-state index < -0.39 is 5.82 Å². The maximum Gasteiger partial charge on any atom is 0.291 e. The molecule has 0 spiro atoms. The molecule has 6 nitrogen and oxygen atoms in total. The molecular weight excluding hydrogens is 395 g/mol. The molecule has 1 saturated carbocycles. The average Bonchev–Trinajstić information content (AvgIpc) is 3.37. The molecule has 5 rings (SSSR count). The summed E-state index contributed by atoms with van der Waals surface area (Å²) in [5.74, 6) is 1.02. The van der Waals surface area contributed by atoms with Gasteiger partial charge in [0.25, 0.3) is 5.91 Å². The van der Waals surface area contributed by atoms with E-state index >= 15 is 0 Å². The number of amides is 1. The number of halogens is 2. The van der Waals surface area contributed by atoms with E-state index in [4.69, 9.17) is 16.3 Å². The van der Waals surface area contributed by atoms with Crippen LogP contribution in [0, 0.1) is 18.7 Å². The molecule has 29 heavy (non-hydrogen) atoms. The minimum Gasteiger partial charge on any atom is -0.439 e. The molecule has 1 aromatic carbocycles. The molecule has 0 N–H and O–H groups in total. The molecule has 148 valence electrons. The van der Waals surface area contributed by atoms with E-state index in [2.05, 4.69) is 9.97 Å². The monoisotopic (exact) mass is 412 g/mol. The quantitative estimate of drug-likeness (QED) is 0.572. The van der Waals surface area contributed by atoms with Crippen LogP contribution in [0.3, 0.4) is 0 Å².